The van der Waals surface area contributed by atoms with Gasteiger partial charge in [0.1, 0.15) is 5.82 Å². The highest BCUT2D eigenvalue weighted by Gasteiger charge is 2.58. The third-order valence-electron chi connectivity index (χ3n) is 7.39. The Morgan fingerprint density at radius 3 is 2.65 bits per heavy atom. The van der Waals surface area contributed by atoms with E-state index in [1.807, 2.05) is 6.20 Å². The average molecular weight is 480 g/mol. The Hall–Kier alpha value is -2.33. The summed E-state index contributed by atoms with van der Waals surface area (Å²) < 4.78 is 50.2. The number of morpholine rings is 1. The van der Waals surface area contributed by atoms with E-state index in [2.05, 4.69) is 40.0 Å². The van der Waals surface area contributed by atoms with Crippen molar-refractivity contribution in [1.82, 2.24) is 19.4 Å². The molecular weight excluding hydrogens is 447 g/mol. The molecule has 5 rings (SSSR count). The quantitative estimate of drug-likeness (QED) is 0.666. The Kier molecular flexibility index (Phi) is 6.00. The van der Waals surface area contributed by atoms with Crippen LogP contribution in [0.25, 0.3) is 11.3 Å². The molecule has 2 aliphatic carbocycles. The van der Waals surface area contributed by atoms with Gasteiger partial charge in [0.2, 0.25) is 0 Å². The van der Waals surface area contributed by atoms with Crippen molar-refractivity contribution in [3.8, 4) is 17.0 Å². The third kappa shape index (κ3) is 4.62. The second kappa shape index (κ2) is 8.71. The molecule has 0 aromatic carbocycles. The second-order valence-electron chi connectivity index (χ2n) is 10.3. The molecule has 1 saturated heterocycles. The number of ether oxygens (including phenoxy) is 2. The molecule has 0 spiro atoms. The molecule has 7 nitrogen and oxygen atoms in total. The minimum Gasteiger partial charge on any atom is -0.402 e. The largest absolute Gasteiger partial charge is 0.573 e. The van der Waals surface area contributed by atoms with Crippen LogP contribution in [0.2, 0.25) is 0 Å². The predicted octanol–water partition coefficient (Wildman–Crippen LogP) is 4.29. The van der Waals surface area contributed by atoms with Crippen molar-refractivity contribution in [3.05, 3.63) is 24.3 Å². The van der Waals surface area contributed by atoms with Gasteiger partial charge in [-0.25, -0.2) is 9.97 Å². The number of aromatic nitrogens is 3. The molecule has 2 aromatic heterocycles. The zero-order valence-corrected chi connectivity index (χ0v) is 19.8. The summed E-state index contributed by atoms with van der Waals surface area (Å²) in [6.07, 6.45) is 1.72. The zero-order valence-electron chi connectivity index (χ0n) is 19.8. The molecule has 2 N–H and O–H groups in total. The van der Waals surface area contributed by atoms with Crippen molar-refractivity contribution < 1.29 is 22.6 Å². The van der Waals surface area contributed by atoms with E-state index >= 15 is 0 Å². The molecule has 3 aliphatic rings. The van der Waals surface area contributed by atoms with Gasteiger partial charge in [-0.05, 0) is 43.6 Å². The van der Waals surface area contributed by atoms with Crippen LogP contribution < -0.4 is 10.5 Å². The van der Waals surface area contributed by atoms with Crippen LogP contribution in [0.3, 0.4) is 0 Å². The maximum Gasteiger partial charge on any atom is 0.573 e. The standard InChI is InChI=1S/C24H32F3N5O2/c1-13(2)6-21-30-19(15-7-20(23(28)29-10-15)34-24(25,26)27)11-32(21)22-17-8-16(9-18(17)22)31-4-5-33-12-14(31)3/h7,10-11,13-14,16-18,22H,4-6,8-9,12H2,1-3H3,(H2,28,29)/t14?,16?,17-,18+,22+. The first kappa shape index (κ1) is 23.4. The monoisotopic (exact) mass is 479 g/mol. The lowest BCUT2D eigenvalue weighted by molar-refractivity contribution is -0.274. The number of nitrogen functional groups attached to an aromatic ring is 1. The number of imidazole rings is 1. The smallest absolute Gasteiger partial charge is 0.402 e. The molecule has 5 atom stereocenters. The number of nitrogens with two attached hydrogens (primary N) is 1. The number of pyridine rings is 1. The van der Waals surface area contributed by atoms with E-state index in [9.17, 15) is 13.2 Å². The molecule has 34 heavy (non-hydrogen) atoms. The first-order chi connectivity index (χ1) is 16.1. The van der Waals surface area contributed by atoms with E-state index in [0.29, 0.717) is 47.1 Å². The fourth-order valence-corrected chi connectivity index (χ4v) is 5.89. The van der Waals surface area contributed by atoms with Gasteiger partial charge in [0, 0.05) is 49.0 Å². The SMILES string of the molecule is CC(C)Cc1nc(-c2cnc(N)c(OC(F)(F)F)c2)cn1[C@H]1[C@@H]2CC(N3CCOCC3C)C[C@@H]21. The van der Waals surface area contributed by atoms with Crippen LogP contribution in [0.5, 0.6) is 5.75 Å². The summed E-state index contributed by atoms with van der Waals surface area (Å²) in [4.78, 5) is 11.3. The Bertz CT molecular complexity index is 1030. The van der Waals surface area contributed by atoms with E-state index < -0.39 is 12.1 Å². The lowest BCUT2D eigenvalue weighted by Crippen LogP contribution is -2.49. The number of fused-ring (bicyclic) bond motifs is 1. The van der Waals surface area contributed by atoms with Crippen LogP contribution in [0.4, 0.5) is 19.0 Å². The van der Waals surface area contributed by atoms with Gasteiger partial charge < -0.3 is 19.8 Å². The minimum absolute atomic E-state index is 0.303. The molecule has 0 bridgehead atoms. The molecule has 10 heteroatoms. The van der Waals surface area contributed by atoms with E-state index in [-0.39, 0.29) is 5.82 Å². The lowest BCUT2D eigenvalue weighted by atomic mass is 10.1. The predicted molar refractivity (Wildman–Crippen MR) is 121 cm³/mol. The minimum atomic E-state index is -4.84. The van der Waals surface area contributed by atoms with Crippen LogP contribution >= 0.6 is 0 Å². The summed E-state index contributed by atoms with van der Waals surface area (Å²) in [5.41, 5.74) is 6.66. The molecule has 2 saturated carbocycles. The fraction of sp³-hybridized carbons (Fsp3) is 0.667. The summed E-state index contributed by atoms with van der Waals surface area (Å²) in [6.45, 7) is 9.12. The van der Waals surface area contributed by atoms with Gasteiger partial charge >= 0.3 is 6.36 Å². The van der Waals surface area contributed by atoms with E-state index in [1.54, 1.807) is 0 Å². The maximum absolute atomic E-state index is 12.8. The lowest BCUT2D eigenvalue weighted by Gasteiger charge is -2.38. The van der Waals surface area contributed by atoms with Gasteiger partial charge in [0.05, 0.1) is 18.9 Å². The van der Waals surface area contributed by atoms with Crippen molar-refractivity contribution >= 4 is 5.82 Å². The molecule has 186 valence electrons. The normalized spacial score (nSPS) is 29.4. The second-order valence-corrected chi connectivity index (χ2v) is 10.3. The van der Waals surface area contributed by atoms with Crippen LogP contribution in [-0.2, 0) is 11.2 Å². The highest BCUT2D eigenvalue weighted by atomic mass is 19.4. The summed E-state index contributed by atoms with van der Waals surface area (Å²) in [5.74, 6) is 1.79. The van der Waals surface area contributed by atoms with Crippen molar-refractivity contribution in [2.45, 2.75) is 64.5 Å². The van der Waals surface area contributed by atoms with Gasteiger partial charge in [-0.2, -0.15) is 0 Å². The van der Waals surface area contributed by atoms with Crippen molar-refractivity contribution in [2.24, 2.45) is 17.8 Å². The first-order valence-electron chi connectivity index (χ1n) is 12.0. The number of hydrogen-bond acceptors (Lipinski definition) is 6. The van der Waals surface area contributed by atoms with Crippen molar-refractivity contribution in [1.29, 1.82) is 0 Å². The van der Waals surface area contributed by atoms with Gasteiger partial charge in [0.15, 0.2) is 11.6 Å². The van der Waals surface area contributed by atoms with Gasteiger partial charge in [-0.3, -0.25) is 4.90 Å². The molecule has 0 radical (unpaired) electrons. The molecule has 1 aliphatic heterocycles. The molecule has 0 amide bonds. The Balaban J connectivity index is 1.37. The highest BCUT2D eigenvalue weighted by molar-refractivity contribution is 5.64. The Morgan fingerprint density at radius 1 is 1.26 bits per heavy atom. The number of anilines is 1. The van der Waals surface area contributed by atoms with Crippen LogP contribution in [0, 0.1) is 17.8 Å². The Labute approximate surface area is 197 Å². The molecular formula is C24H32F3N5O2. The number of nitrogens with zero attached hydrogens (tertiary/aromatic N) is 4. The molecule has 2 unspecified atom stereocenters. The summed E-state index contributed by atoms with van der Waals surface area (Å²) in [5, 5.41) is 0. The van der Waals surface area contributed by atoms with Crippen LogP contribution in [0.1, 0.15) is 45.5 Å². The number of alkyl halides is 3. The number of rotatable bonds is 6. The van der Waals surface area contributed by atoms with Gasteiger partial charge in [0.25, 0.3) is 0 Å². The highest BCUT2D eigenvalue weighted by Crippen LogP contribution is 2.62. The van der Waals surface area contributed by atoms with Crippen molar-refractivity contribution in [3.63, 3.8) is 0 Å². The molecule has 3 fully saturated rings. The summed E-state index contributed by atoms with van der Waals surface area (Å²) >= 11 is 0. The molecule has 2 aromatic rings. The number of hydrogen-bond donors (Lipinski definition) is 1. The van der Waals surface area contributed by atoms with E-state index in [0.717, 1.165) is 32.0 Å². The zero-order chi connectivity index (χ0) is 24.2. The summed E-state index contributed by atoms with van der Waals surface area (Å²) in [6, 6.07) is 2.73. The topological polar surface area (TPSA) is 78.4 Å². The van der Waals surface area contributed by atoms with Gasteiger partial charge in [-0.1, -0.05) is 13.8 Å². The number of halogens is 3. The molecule has 3 heterocycles. The van der Waals surface area contributed by atoms with Gasteiger partial charge in [-0.15, -0.1) is 13.2 Å². The maximum atomic E-state index is 12.8. The van der Waals surface area contributed by atoms with E-state index in [4.69, 9.17) is 15.5 Å². The average Bonchev–Trinajstić information content (AvgIpc) is 3.08. The fourth-order valence-electron chi connectivity index (χ4n) is 5.89. The Morgan fingerprint density at radius 2 is 2.00 bits per heavy atom. The first-order valence-corrected chi connectivity index (χ1v) is 12.0. The van der Waals surface area contributed by atoms with E-state index in [1.165, 1.54) is 25.1 Å². The summed E-state index contributed by atoms with van der Waals surface area (Å²) in [7, 11) is 0. The van der Waals surface area contributed by atoms with Crippen LogP contribution in [0.15, 0.2) is 18.5 Å². The third-order valence-corrected chi connectivity index (χ3v) is 7.39. The van der Waals surface area contributed by atoms with Crippen LogP contribution in [-0.4, -0.2) is 57.6 Å². The van der Waals surface area contributed by atoms with Crippen molar-refractivity contribution in [2.75, 3.05) is 25.5 Å².